The third-order valence-electron chi connectivity index (χ3n) is 3.28. The molecule has 0 aliphatic carbocycles. The van der Waals surface area contributed by atoms with E-state index >= 15 is 0 Å². The fourth-order valence-corrected chi connectivity index (χ4v) is 2.05. The van der Waals surface area contributed by atoms with Crippen molar-refractivity contribution in [3.63, 3.8) is 0 Å². The molecule has 0 aliphatic heterocycles. The second-order valence-electron chi connectivity index (χ2n) is 4.73. The molecule has 5 nitrogen and oxygen atoms in total. The first-order chi connectivity index (χ1) is 9.19. The molecule has 0 aliphatic rings. The van der Waals surface area contributed by atoms with Gasteiger partial charge in [-0.1, -0.05) is 13.8 Å². The molecular weight excluding hydrogens is 238 g/mol. The molecule has 1 atom stereocenters. The molecule has 0 fully saturated rings. The van der Waals surface area contributed by atoms with Gasteiger partial charge in [-0.3, -0.25) is 0 Å². The van der Waals surface area contributed by atoms with Gasteiger partial charge in [0.15, 0.2) is 0 Å². The van der Waals surface area contributed by atoms with Gasteiger partial charge >= 0.3 is 0 Å². The Balaban J connectivity index is 2.32. The maximum absolute atomic E-state index is 4.36. The fraction of sp³-hybridized carbons (Fsp3) is 0.714. The normalized spacial score (nSPS) is 12.5. The smallest absolute Gasteiger partial charge is 0.224 e. The molecule has 108 valence electrons. The summed E-state index contributed by atoms with van der Waals surface area (Å²) in [6, 6.07) is 2.33. The van der Waals surface area contributed by atoms with Crippen LogP contribution >= 0.6 is 0 Å². The molecule has 0 amide bonds. The van der Waals surface area contributed by atoms with Crippen LogP contribution in [0.25, 0.3) is 0 Å². The first kappa shape index (κ1) is 15.7. The fourth-order valence-electron chi connectivity index (χ4n) is 2.05. The molecule has 1 unspecified atom stereocenters. The van der Waals surface area contributed by atoms with E-state index in [2.05, 4.69) is 46.3 Å². The zero-order valence-electron chi connectivity index (χ0n) is 12.6. The van der Waals surface area contributed by atoms with Gasteiger partial charge in [-0.25, -0.2) is 4.98 Å². The Bertz CT molecular complexity index is 351. The molecule has 5 heteroatoms. The molecule has 1 aromatic heterocycles. The van der Waals surface area contributed by atoms with E-state index in [0.717, 1.165) is 25.3 Å². The van der Waals surface area contributed by atoms with Crippen LogP contribution < -0.4 is 10.6 Å². The highest BCUT2D eigenvalue weighted by molar-refractivity contribution is 5.39. The van der Waals surface area contributed by atoms with E-state index < -0.39 is 0 Å². The Hall–Kier alpha value is -1.36. The van der Waals surface area contributed by atoms with E-state index in [1.165, 1.54) is 13.0 Å². The molecule has 19 heavy (non-hydrogen) atoms. The van der Waals surface area contributed by atoms with Gasteiger partial charge in [-0.05, 0) is 45.5 Å². The van der Waals surface area contributed by atoms with Gasteiger partial charge in [-0.15, -0.1) is 0 Å². The lowest BCUT2D eigenvalue weighted by molar-refractivity contribution is 0.295. The molecule has 0 radical (unpaired) electrons. The van der Waals surface area contributed by atoms with Gasteiger partial charge < -0.3 is 15.5 Å². The summed E-state index contributed by atoms with van der Waals surface area (Å²) in [6.45, 7) is 10.1. The van der Waals surface area contributed by atoms with Crippen LogP contribution in [0, 0.1) is 0 Å². The Morgan fingerprint density at radius 2 is 2.05 bits per heavy atom. The molecule has 1 rings (SSSR count). The van der Waals surface area contributed by atoms with Crippen LogP contribution in [0.2, 0.25) is 0 Å². The summed E-state index contributed by atoms with van der Waals surface area (Å²) in [4.78, 5) is 10.9. The largest absolute Gasteiger partial charge is 0.367 e. The van der Waals surface area contributed by atoms with Crippen molar-refractivity contribution < 1.29 is 0 Å². The molecule has 2 N–H and O–H groups in total. The zero-order valence-corrected chi connectivity index (χ0v) is 12.6. The molecule has 0 saturated heterocycles. The van der Waals surface area contributed by atoms with Crippen LogP contribution in [0.3, 0.4) is 0 Å². The topological polar surface area (TPSA) is 53.1 Å². The van der Waals surface area contributed by atoms with E-state index in [0.29, 0.717) is 12.0 Å². The molecule has 1 heterocycles. The summed E-state index contributed by atoms with van der Waals surface area (Å²) in [5.74, 6) is 1.54. The summed E-state index contributed by atoms with van der Waals surface area (Å²) < 4.78 is 0. The van der Waals surface area contributed by atoms with Crippen LogP contribution in [0.4, 0.5) is 11.8 Å². The molecular formula is C14H27N5. The lowest BCUT2D eigenvalue weighted by Crippen LogP contribution is -2.25. The Morgan fingerprint density at radius 1 is 1.32 bits per heavy atom. The van der Waals surface area contributed by atoms with Crippen LogP contribution in [0.5, 0.6) is 0 Å². The summed E-state index contributed by atoms with van der Waals surface area (Å²) in [5, 5.41) is 6.36. The van der Waals surface area contributed by atoms with Crippen LogP contribution in [0.1, 0.15) is 33.6 Å². The van der Waals surface area contributed by atoms with E-state index in [1.54, 1.807) is 6.20 Å². The van der Waals surface area contributed by atoms with Crippen LogP contribution in [-0.2, 0) is 0 Å². The minimum Gasteiger partial charge on any atom is -0.367 e. The van der Waals surface area contributed by atoms with Gasteiger partial charge in [0.1, 0.15) is 5.82 Å². The highest BCUT2D eigenvalue weighted by Gasteiger charge is 2.05. The third kappa shape index (κ3) is 5.87. The second-order valence-corrected chi connectivity index (χ2v) is 4.73. The minimum atomic E-state index is 0.426. The number of rotatable bonds is 9. The summed E-state index contributed by atoms with van der Waals surface area (Å²) in [7, 11) is 1.83. The SMILES string of the molecule is CCN(CC)CCCC(C)Nc1ccnc(NC)n1. The zero-order chi connectivity index (χ0) is 14.1. The number of nitrogens with one attached hydrogen (secondary N) is 2. The first-order valence-corrected chi connectivity index (χ1v) is 7.19. The van der Waals surface area contributed by atoms with E-state index in [9.17, 15) is 0 Å². The third-order valence-corrected chi connectivity index (χ3v) is 3.28. The molecule has 0 spiro atoms. The standard InChI is InChI=1S/C14H27N5/c1-5-19(6-2)11-7-8-12(3)17-13-9-10-16-14(15-4)18-13/h9-10,12H,5-8,11H2,1-4H3,(H2,15,16,17,18). The average molecular weight is 265 g/mol. The van der Waals surface area contributed by atoms with Crippen molar-refractivity contribution in [1.29, 1.82) is 0 Å². The lowest BCUT2D eigenvalue weighted by Gasteiger charge is -2.20. The summed E-state index contributed by atoms with van der Waals surface area (Å²) in [6.07, 6.45) is 4.12. The maximum Gasteiger partial charge on any atom is 0.224 e. The van der Waals surface area contributed by atoms with Gasteiger partial charge in [0, 0.05) is 19.3 Å². The number of hydrogen-bond donors (Lipinski definition) is 2. The van der Waals surface area contributed by atoms with Crippen LogP contribution in [0.15, 0.2) is 12.3 Å². The minimum absolute atomic E-state index is 0.426. The summed E-state index contributed by atoms with van der Waals surface area (Å²) >= 11 is 0. The monoisotopic (exact) mass is 265 g/mol. The molecule has 0 saturated carbocycles. The quantitative estimate of drug-likeness (QED) is 0.718. The number of nitrogens with zero attached hydrogens (tertiary/aromatic N) is 3. The molecule has 1 aromatic rings. The van der Waals surface area contributed by atoms with Crippen molar-refractivity contribution in [3.8, 4) is 0 Å². The second kappa shape index (κ2) is 8.69. The lowest BCUT2D eigenvalue weighted by atomic mass is 10.1. The highest BCUT2D eigenvalue weighted by atomic mass is 15.1. The van der Waals surface area contributed by atoms with Crippen molar-refractivity contribution in [3.05, 3.63) is 12.3 Å². The van der Waals surface area contributed by atoms with Crippen molar-refractivity contribution in [1.82, 2.24) is 14.9 Å². The number of aromatic nitrogens is 2. The van der Waals surface area contributed by atoms with Crippen molar-refractivity contribution in [2.45, 2.75) is 39.7 Å². The van der Waals surface area contributed by atoms with Gasteiger partial charge in [-0.2, -0.15) is 4.98 Å². The van der Waals surface area contributed by atoms with E-state index in [1.807, 2.05) is 13.1 Å². The number of hydrogen-bond acceptors (Lipinski definition) is 5. The van der Waals surface area contributed by atoms with E-state index in [-0.39, 0.29) is 0 Å². The Labute approximate surface area is 116 Å². The number of anilines is 2. The highest BCUT2D eigenvalue weighted by Crippen LogP contribution is 2.09. The average Bonchev–Trinajstić information content (AvgIpc) is 2.44. The van der Waals surface area contributed by atoms with Crippen molar-refractivity contribution in [2.24, 2.45) is 0 Å². The predicted octanol–water partition coefficient (Wildman–Crippen LogP) is 2.44. The Kier molecular flexibility index (Phi) is 7.18. The van der Waals surface area contributed by atoms with Gasteiger partial charge in [0.2, 0.25) is 5.95 Å². The maximum atomic E-state index is 4.36. The van der Waals surface area contributed by atoms with Crippen LogP contribution in [-0.4, -0.2) is 47.6 Å². The van der Waals surface area contributed by atoms with Gasteiger partial charge in [0.25, 0.3) is 0 Å². The summed E-state index contributed by atoms with van der Waals surface area (Å²) in [5.41, 5.74) is 0. The molecule has 0 aromatic carbocycles. The van der Waals surface area contributed by atoms with Crippen molar-refractivity contribution >= 4 is 11.8 Å². The van der Waals surface area contributed by atoms with E-state index in [4.69, 9.17) is 0 Å². The van der Waals surface area contributed by atoms with Gasteiger partial charge in [0.05, 0.1) is 0 Å². The Morgan fingerprint density at radius 3 is 2.68 bits per heavy atom. The molecule has 0 bridgehead atoms. The van der Waals surface area contributed by atoms with Crippen molar-refractivity contribution in [2.75, 3.05) is 37.3 Å². The predicted molar refractivity (Wildman–Crippen MR) is 81.7 cm³/mol. The first-order valence-electron chi connectivity index (χ1n) is 7.19.